The van der Waals surface area contributed by atoms with Gasteiger partial charge in [0.15, 0.2) is 0 Å². The minimum absolute atomic E-state index is 0.174. The van der Waals surface area contributed by atoms with Crippen LogP contribution in [0, 0.1) is 5.82 Å². The number of imidazole rings is 1. The summed E-state index contributed by atoms with van der Waals surface area (Å²) >= 11 is 0. The second-order valence-electron chi connectivity index (χ2n) is 8.15. The molecule has 0 saturated carbocycles. The van der Waals surface area contributed by atoms with Crippen molar-refractivity contribution in [3.8, 4) is 22.5 Å². The van der Waals surface area contributed by atoms with Crippen LogP contribution in [0.15, 0.2) is 79.6 Å². The highest BCUT2D eigenvalue weighted by molar-refractivity contribution is 6.07. The molecular formula is C26H20FN7. The van der Waals surface area contributed by atoms with E-state index in [4.69, 9.17) is 5.73 Å². The largest absolute Gasteiger partial charge is 0.383 e. The third kappa shape index (κ3) is 3.11. The van der Waals surface area contributed by atoms with E-state index in [9.17, 15) is 4.39 Å². The first kappa shape index (κ1) is 20.0. The van der Waals surface area contributed by atoms with Crippen molar-refractivity contribution in [1.82, 2.24) is 29.5 Å². The van der Waals surface area contributed by atoms with Gasteiger partial charge in [-0.2, -0.15) is 0 Å². The molecule has 1 atom stereocenters. The molecule has 0 saturated heterocycles. The van der Waals surface area contributed by atoms with Gasteiger partial charge in [0.05, 0.1) is 28.9 Å². The fraction of sp³-hybridized carbons (Fsp3) is 0.0769. The lowest BCUT2D eigenvalue weighted by Gasteiger charge is -2.13. The van der Waals surface area contributed by atoms with Gasteiger partial charge < -0.3 is 15.3 Å². The maximum atomic E-state index is 14.3. The molecule has 1 unspecified atom stereocenters. The standard InChI is InChI=1S/C26H20FN7/c1-15(22-12-30-25(33-22)18-6-2-3-8-21(18)27)34-13-20(23-24(28)31-14-32-26(23)34)17-7-4-5-16-9-10-29-11-19(16)17/h2-15H,1H3,(H,30,33)(H2,28,31,32). The van der Waals surface area contributed by atoms with E-state index >= 15 is 0 Å². The van der Waals surface area contributed by atoms with Gasteiger partial charge >= 0.3 is 0 Å². The average molecular weight is 449 g/mol. The van der Waals surface area contributed by atoms with Gasteiger partial charge in [0.2, 0.25) is 0 Å². The van der Waals surface area contributed by atoms with Crippen LogP contribution in [0.4, 0.5) is 10.2 Å². The molecule has 0 aliphatic rings. The number of nitrogen functional groups attached to an aromatic ring is 1. The second-order valence-corrected chi connectivity index (χ2v) is 8.15. The summed E-state index contributed by atoms with van der Waals surface area (Å²) < 4.78 is 16.3. The quantitative estimate of drug-likeness (QED) is 0.377. The normalized spacial score (nSPS) is 12.4. The van der Waals surface area contributed by atoms with Gasteiger partial charge in [-0.3, -0.25) is 4.98 Å². The van der Waals surface area contributed by atoms with Crippen LogP contribution in [0.25, 0.3) is 44.3 Å². The SMILES string of the molecule is CC(c1cnc(-c2ccccc2F)[nH]1)n1cc(-c2cccc3ccncc23)c2c(N)ncnc21. The highest BCUT2D eigenvalue weighted by Gasteiger charge is 2.21. The predicted octanol–water partition coefficient (Wildman–Crippen LogP) is 5.37. The molecule has 4 heterocycles. The Morgan fingerprint density at radius 3 is 2.68 bits per heavy atom. The Morgan fingerprint density at radius 1 is 0.941 bits per heavy atom. The molecule has 0 aliphatic heterocycles. The number of aromatic amines is 1. The highest BCUT2D eigenvalue weighted by atomic mass is 19.1. The van der Waals surface area contributed by atoms with Gasteiger partial charge in [-0.15, -0.1) is 0 Å². The summed E-state index contributed by atoms with van der Waals surface area (Å²) in [5, 5.41) is 2.88. The first-order chi connectivity index (χ1) is 16.6. The number of aromatic nitrogens is 6. The number of pyridine rings is 1. The maximum absolute atomic E-state index is 14.3. The van der Waals surface area contributed by atoms with Crippen molar-refractivity contribution in [2.24, 2.45) is 0 Å². The number of benzene rings is 2. The first-order valence-corrected chi connectivity index (χ1v) is 10.9. The Hall–Kier alpha value is -4.59. The Balaban J connectivity index is 1.52. The van der Waals surface area contributed by atoms with Gasteiger partial charge in [0.25, 0.3) is 0 Å². The number of H-pyrrole nitrogens is 1. The summed E-state index contributed by atoms with van der Waals surface area (Å²) in [4.78, 5) is 20.8. The van der Waals surface area contributed by atoms with Crippen LogP contribution in [0.2, 0.25) is 0 Å². The molecule has 0 fully saturated rings. The smallest absolute Gasteiger partial charge is 0.146 e. The average Bonchev–Trinajstić information content (AvgIpc) is 3.50. The lowest BCUT2D eigenvalue weighted by atomic mass is 10.00. The van der Waals surface area contributed by atoms with Crippen LogP contribution >= 0.6 is 0 Å². The lowest BCUT2D eigenvalue weighted by Crippen LogP contribution is -2.07. The number of anilines is 1. The van der Waals surface area contributed by atoms with Crippen LogP contribution in [0.3, 0.4) is 0 Å². The summed E-state index contributed by atoms with van der Waals surface area (Å²) in [5.41, 5.74) is 10.2. The fourth-order valence-electron chi connectivity index (χ4n) is 4.44. The molecule has 166 valence electrons. The molecule has 4 aromatic heterocycles. The molecule has 34 heavy (non-hydrogen) atoms. The Bertz CT molecular complexity index is 1660. The zero-order valence-electron chi connectivity index (χ0n) is 18.3. The van der Waals surface area contributed by atoms with E-state index in [1.807, 2.05) is 42.1 Å². The third-order valence-corrected chi connectivity index (χ3v) is 6.20. The molecular weight excluding hydrogens is 429 g/mol. The monoisotopic (exact) mass is 449 g/mol. The van der Waals surface area contributed by atoms with Gasteiger partial charge in [-0.05, 0) is 36.1 Å². The zero-order valence-corrected chi connectivity index (χ0v) is 18.3. The number of rotatable bonds is 4. The summed E-state index contributed by atoms with van der Waals surface area (Å²) in [7, 11) is 0. The van der Waals surface area contributed by atoms with Crippen molar-refractivity contribution >= 4 is 27.6 Å². The van der Waals surface area contributed by atoms with Crippen LogP contribution in [-0.4, -0.2) is 29.5 Å². The Kier molecular flexibility index (Phi) is 4.58. The number of hydrogen-bond acceptors (Lipinski definition) is 5. The minimum Gasteiger partial charge on any atom is -0.383 e. The summed E-state index contributed by atoms with van der Waals surface area (Å²) in [6.45, 7) is 2.03. The van der Waals surface area contributed by atoms with Gasteiger partial charge in [-0.25, -0.2) is 19.3 Å². The van der Waals surface area contributed by atoms with Crippen molar-refractivity contribution in [3.05, 3.63) is 91.2 Å². The van der Waals surface area contributed by atoms with Crippen molar-refractivity contribution in [1.29, 1.82) is 0 Å². The van der Waals surface area contributed by atoms with Gasteiger partial charge in [0, 0.05) is 29.5 Å². The number of halogens is 1. The Labute approximate surface area is 194 Å². The minimum atomic E-state index is -0.324. The van der Waals surface area contributed by atoms with Crippen molar-refractivity contribution in [3.63, 3.8) is 0 Å². The lowest BCUT2D eigenvalue weighted by molar-refractivity contribution is 0.628. The molecule has 6 aromatic rings. The van der Waals surface area contributed by atoms with Crippen molar-refractivity contribution in [2.45, 2.75) is 13.0 Å². The predicted molar refractivity (Wildman–Crippen MR) is 130 cm³/mol. The van der Waals surface area contributed by atoms with Gasteiger partial charge in [0.1, 0.15) is 29.4 Å². The highest BCUT2D eigenvalue weighted by Crippen LogP contribution is 2.38. The van der Waals surface area contributed by atoms with Crippen molar-refractivity contribution < 1.29 is 4.39 Å². The van der Waals surface area contributed by atoms with Crippen LogP contribution < -0.4 is 5.73 Å². The first-order valence-electron chi connectivity index (χ1n) is 10.9. The summed E-state index contributed by atoms with van der Waals surface area (Å²) in [5.74, 6) is 0.559. The number of nitrogens with one attached hydrogen (secondary N) is 1. The number of nitrogens with two attached hydrogens (primary N) is 1. The molecule has 0 amide bonds. The van der Waals surface area contributed by atoms with E-state index in [0.29, 0.717) is 22.9 Å². The fourth-order valence-corrected chi connectivity index (χ4v) is 4.44. The molecule has 2 aromatic carbocycles. The van der Waals surface area contributed by atoms with E-state index in [2.05, 4.69) is 31.0 Å². The third-order valence-electron chi connectivity index (χ3n) is 6.20. The molecule has 0 aliphatic carbocycles. The molecule has 0 radical (unpaired) electrons. The Morgan fingerprint density at radius 2 is 1.79 bits per heavy atom. The molecule has 0 spiro atoms. The number of hydrogen-bond donors (Lipinski definition) is 2. The van der Waals surface area contributed by atoms with Crippen molar-refractivity contribution in [2.75, 3.05) is 5.73 Å². The van der Waals surface area contributed by atoms with E-state index < -0.39 is 0 Å². The van der Waals surface area contributed by atoms with Crippen LogP contribution in [0.1, 0.15) is 18.7 Å². The molecule has 7 nitrogen and oxygen atoms in total. The maximum Gasteiger partial charge on any atom is 0.146 e. The van der Waals surface area contributed by atoms with Crippen LogP contribution in [-0.2, 0) is 0 Å². The zero-order chi connectivity index (χ0) is 23.2. The van der Waals surface area contributed by atoms with Crippen LogP contribution in [0.5, 0.6) is 0 Å². The van der Waals surface area contributed by atoms with E-state index in [1.165, 1.54) is 12.4 Å². The van der Waals surface area contributed by atoms with E-state index in [1.54, 1.807) is 30.6 Å². The van der Waals surface area contributed by atoms with Gasteiger partial charge in [-0.1, -0.05) is 30.3 Å². The van der Waals surface area contributed by atoms with E-state index in [-0.39, 0.29) is 11.9 Å². The number of nitrogens with zero attached hydrogens (tertiary/aromatic N) is 5. The summed E-state index contributed by atoms with van der Waals surface area (Å²) in [6, 6.07) is 14.5. The van der Waals surface area contributed by atoms with E-state index in [0.717, 1.165) is 33.0 Å². The molecule has 0 bridgehead atoms. The topological polar surface area (TPSA) is 98.3 Å². The number of fused-ring (bicyclic) bond motifs is 2. The molecule has 8 heteroatoms. The molecule has 3 N–H and O–H groups in total. The summed E-state index contributed by atoms with van der Waals surface area (Å²) in [6.07, 6.45) is 8.86. The second kappa shape index (κ2) is 7.77. The molecule has 6 rings (SSSR count).